The Bertz CT molecular complexity index is 472. The number of benzene rings is 1. The van der Waals surface area contributed by atoms with Gasteiger partial charge in [0, 0.05) is 17.7 Å². The molecule has 0 spiro atoms. The van der Waals surface area contributed by atoms with E-state index in [2.05, 4.69) is 0 Å². The molecular weight excluding hydrogens is 272 g/mol. The van der Waals surface area contributed by atoms with Crippen molar-refractivity contribution in [3.8, 4) is 11.5 Å². The Morgan fingerprint density at radius 1 is 1.42 bits per heavy atom. The van der Waals surface area contributed by atoms with Gasteiger partial charge < -0.3 is 15.6 Å². The fourth-order valence-electron chi connectivity index (χ4n) is 1.58. The number of non-ortho nitro benzene ring substituents is 1. The van der Waals surface area contributed by atoms with Crippen LogP contribution in [0.2, 0.25) is 0 Å². The van der Waals surface area contributed by atoms with Crippen LogP contribution in [0, 0.1) is 15.5 Å². The third kappa shape index (κ3) is 3.71. The van der Waals surface area contributed by atoms with Crippen molar-refractivity contribution in [1.29, 1.82) is 0 Å². The zero-order chi connectivity index (χ0) is 14.1. The summed E-state index contributed by atoms with van der Waals surface area (Å²) in [5.41, 5.74) is 5.85. The first-order valence-electron chi connectivity index (χ1n) is 5.49. The maximum atomic E-state index is 10.8. The molecule has 0 aromatic heterocycles. The van der Waals surface area contributed by atoms with E-state index in [1.807, 2.05) is 20.8 Å². The first kappa shape index (κ1) is 17.5. The second kappa shape index (κ2) is 6.08. The van der Waals surface area contributed by atoms with Crippen molar-refractivity contribution >= 4 is 18.1 Å². The lowest BCUT2D eigenvalue weighted by molar-refractivity contribution is -0.385. The summed E-state index contributed by atoms with van der Waals surface area (Å²) in [5, 5.41) is 20.8. The lowest BCUT2D eigenvalue weighted by Crippen LogP contribution is -2.26. The number of nitro groups is 1. The van der Waals surface area contributed by atoms with Gasteiger partial charge in [-0.25, -0.2) is 0 Å². The molecule has 0 saturated heterocycles. The Hall–Kier alpha value is -1.53. The minimum atomic E-state index is -0.541. The number of hydrogen-bond acceptors (Lipinski definition) is 5. The zero-order valence-corrected chi connectivity index (χ0v) is 12.2. The summed E-state index contributed by atoms with van der Waals surface area (Å²) in [4.78, 5) is 10.3. The van der Waals surface area contributed by atoms with Gasteiger partial charge in [0.05, 0.1) is 18.1 Å². The molecule has 1 atom stereocenters. The molecule has 0 aliphatic heterocycles. The van der Waals surface area contributed by atoms with Crippen molar-refractivity contribution in [3.63, 3.8) is 0 Å². The highest BCUT2D eigenvalue weighted by molar-refractivity contribution is 5.85. The molecule has 1 aromatic rings. The largest absolute Gasteiger partial charge is 0.504 e. The van der Waals surface area contributed by atoms with Crippen LogP contribution in [0.25, 0.3) is 0 Å². The van der Waals surface area contributed by atoms with Crippen LogP contribution in [0.4, 0.5) is 5.69 Å². The van der Waals surface area contributed by atoms with Gasteiger partial charge in [0.25, 0.3) is 5.69 Å². The van der Waals surface area contributed by atoms with E-state index in [4.69, 9.17) is 10.5 Å². The summed E-state index contributed by atoms with van der Waals surface area (Å²) >= 11 is 0. The molecule has 0 heterocycles. The lowest BCUT2D eigenvalue weighted by Gasteiger charge is -2.28. The van der Waals surface area contributed by atoms with Gasteiger partial charge in [-0.3, -0.25) is 10.1 Å². The maximum Gasteiger partial charge on any atom is 0.273 e. The summed E-state index contributed by atoms with van der Waals surface area (Å²) in [6.07, 6.45) is 0. The maximum absolute atomic E-state index is 10.8. The normalized spacial score (nSPS) is 12.5. The van der Waals surface area contributed by atoms with E-state index in [9.17, 15) is 15.2 Å². The van der Waals surface area contributed by atoms with Crippen LogP contribution < -0.4 is 10.5 Å². The van der Waals surface area contributed by atoms with Gasteiger partial charge in [0.1, 0.15) is 0 Å². The molecule has 0 bridgehead atoms. The van der Waals surface area contributed by atoms with E-state index in [0.29, 0.717) is 5.56 Å². The van der Waals surface area contributed by atoms with E-state index in [1.165, 1.54) is 19.2 Å². The van der Waals surface area contributed by atoms with Crippen LogP contribution in [-0.2, 0) is 0 Å². The molecule has 19 heavy (non-hydrogen) atoms. The molecule has 0 fully saturated rings. The highest BCUT2D eigenvalue weighted by Gasteiger charge is 2.28. The fraction of sp³-hybridized carbons (Fsp3) is 0.500. The van der Waals surface area contributed by atoms with Crippen LogP contribution >= 0.6 is 12.4 Å². The molecule has 0 aliphatic rings. The minimum absolute atomic E-state index is 0. The van der Waals surface area contributed by atoms with Crippen molar-refractivity contribution in [1.82, 2.24) is 0 Å². The van der Waals surface area contributed by atoms with E-state index in [1.54, 1.807) is 0 Å². The molecule has 1 rings (SSSR count). The third-order valence-corrected chi connectivity index (χ3v) is 2.79. The Balaban J connectivity index is 0.00000324. The van der Waals surface area contributed by atoms with Gasteiger partial charge in [0.15, 0.2) is 11.5 Å². The molecule has 0 saturated carbocycles. The summed E-state index contributed by atoms with van der Waals surface area (Å²) in [7, 11) is 1.34. The lowest BCUT2D eigenvalue weighted by atomic mass is 9.82. The Morgan fingerprint density at radius 3 is 2.32 bits per heavy atom. The van der Waals surface area contributed by atoms with E-state index in [-0.39, 0.29) is 35.0 Å². The molecule has 1 aromatic carbocycles. The quantitative estimate of drug-likeness (QED) is 0.659. The number of rotatable bonds is 3. The Morgan fingerprint density at radius 2 is 1.95 bits per heavy atom. The van der Waals surface area contributed by atoms with Gasteiger partial charge in [-0.1, -0.05) is 20.8 Å². The predicted octanol–water partition coefficient (Wildman–Crippen LogP) is 2.78. The number of phenols is 1. The number of methoxy groups -OCH3 is 1. The highest BCUT2D eigenvalue weighted by atomic mass is 35.5. The summed E-state index contributed by atoms with van der Waals surface area (Å²) in [5.74, 6) is -0.0931. The Kier molecular flexibility index (Phi) is 5.59. The monoisotopic (exact) mass is 290 g/mol. The number of aromatic hydroxyl groups is 1. The SMILES string of the molecule is COc1cc([N+](=O)[O-])cc([C@H](N)C(C)(C)C)c1O.Cl. The van der Waals surface area contributed by atoms with Crippen LogP contribution in [0.5, 0.6) is 11.5 Å². The summed E-state index contributed by atoms with van der Waals surface area (Å²) in [6.45, 7) is 5.67. The minimum Gasteiger partial charge on any atom is -0.504 e. The molecule has 108 valence electrons. The van der Waals surface area contributed by atoms with Gasteiger partial charge in [-0.2, -0.15) is 0 Å². The first-order valence-corrected chi connectivity index (χ1v) is 5.49. The summed E-state index contributed by atoms with van der Waals surface area (Å²) < 4.78 is 4.93. The number of ether oxygens (including phenoxy) is 1. The molecule has 0 radical (unpaired) electrons. The average Bonchev–Trinajstić information content (AvgIpc) is 2.26. The molecule has 7 heteroatoms. The van der Waals surface area contributed by atoms with Crippen molar-refractivity contribution in [2.45, 2.75) is 26.8 Å². The van der Waals surface area contributed by atoms with Crippen LogP contribution in [0.15, 0.2) is 12.1 Å². The second-order valence-corrected chi connectivity index (χ2v) is 5.19. The topological polar surface area (TPSA) is 98.6 Å². The van der Waals surface area contributed by atoms with Crippen molar-refractivity contribution in [2.75, 3.05) is 7.11 Å². The van der Waals surface area contributed by atoms with Gasteiger partial charge in [0.2, 0.25) is 0 Å². The molecule has 0 aliphatic carbocycles. The van der Waals surface area contributed by atoms with Gasteiger partial charge >= 0.3 is 0 Å². The van der Waals surface area contributed by atoms with E-state index >= 15 is 0 Å². The molecule has 0 unspecified atom stereocenters. The number of hydrogen-bond donors (Lipinski definition) is 2. The van der Waals surface area contributed by atoms with Crippen molar-refractivity contribution < 1.29 is 14.8 Å². The summed E-state index contributed by atoms with van der Waals surface area (Å²) in [6, 6.07) is 1.92. The number of halogens is 1. The number of nitro benzene ring substituents is 1. The smallest absolute Gasteiger partial charge is 0.273 e. The van der Waals surface area contributed by atoms with Gasteiger partial charge in [-0.15, -0.1) is 12.4 Å². The zero-order valence-electron chi connectivity index (χ0n) is 11.3. The van der Waals surface area contributed by atoms with Crippen molar-refractivity contribution in [2.24, 2.45) is 11.1 Å². The molecular formula is C12H19ClN2O4. The fourth-order valence-corrected chi connectivity index (χ4v) is 1.58. The van der Waals surface area contributed by atoms with Crippen LogP contribution in [0.1, 0.15) is 32.4 Å². The van der Waals surface area contributed by atoms with Crippen molar-refractivity contribution in [3.05, 3.63) is 27.8 Å². The standard InChI is InChI=1S/C12H18N2O4.ClH/c1-12(2,3)11(13)8-5-7(14(16)17)6-9(18-4)10(8)15;/h5-6,11,15H,13H2,1-4H3;1H/t11-;/m0./s1. The third-order valence-electron chi connectivity index (χ3n) is 2.79. The van der Waals surface area contributed by atoms with Crippen LogP contribution in [0.3, 0.4) is 0 Å². The van der Waals surface area contributed by atoms with Crippen LogP contribution in [-0.4, -0.2) is 17.1 Å². The second-order valence-electron chi connectivity index (χ2n) is 5.19. The molecule has 6 nitrogen and oxygen atoms in total. The average molecular weight is 291 g/mol. The van der Waals surface area contributed by atoms with E-state index in [0.717, 1.165) is 0 Å². The molecule has 3 N–H and O–H groups in total. The Labute approximate surface area is 118 Å². The number of nitrogens with two attached hydrogens (primary N) is 1. The predicted molar refractivity (Wildman–Crippen MR) is 74.9 cm³/mol. The highest BCUT2D eigenvalue weighted by Crippen LogP contribution is 2.42. The number of nitrogens with zero attached hydrogens (tertiary/aromatic N) is 1. The first-order chi connectivity index (χ1) is 8.18. The number of phenolic OH excluding ortho intramolecular Hbond substituents is 1. The molecule has 0 amide bonds. The van der Waals surface area contributed by atoms with E-state index < -0.39 is 11.0 Å². The van der Waals surface area contributed by atoms with Gasteiger partial charge in [-0.05, 0) is 5.41 Å².